The number of thioether (sulfide) groups is 1. The molecule has 2 aromatic heterocycles. The Bertz CT molecular complexity index is 2740. The fourth-order valence-corrected chi connectivity index (χ4v) is 11.1. The van der Waals surface area contributed by atoms with Gasteiger partial charge in [0.2, 0.25) is 0 Å². The van der Waals surface area contributed by atoms with Crippen molar-refractivity contribution < 1.29 is 0 Å². The first-order chi connectivity index (χ1) is 25.3. The van der Waals surface area contributed by atoms with E-state index in [4.69, 9.17) is 0 Å². The van der Waals surface area contributed by atoms with E-state index in [0.29, 0.717) is 0 Å². The highest BCUT2D eigenvalue weighted by atomic mass is 32.2. The third kappa shape index (κ3) is 4.64. The lowest BCUT2D eigenvalue weighted by Crippen LogP contribution is -2.19. The van der Waals surface area contributed by atoms with Crippen molar-refractivity contribution in [1.82, 2.24) is 9.13 Å². The van der Waals surface area contributed by atoms with Crippen LogP contribution in [0.4, 0.5) is 0 Å². The highest BCUT2D eigenvalue weighted by Gasteiger charge is 2.37. The molecule has 1 saturated carbocycles. The van der Waals surface area contributed by atoms with Gasteiger partial charge >= 0.3 is 0 Å². The largest absolute Gasteiger partial charge is 0.313 e. The summed E-state index contributed by atoms with van der Waals surface area (Å²) in [5.74, 6) is 0.743. The van der Waals surface area contributed by atoms with E-state index in [1.807, 2.05) is 0 Å². The van der Waals surface area contributed by atoms with Gasteiger partial charge in [-0.3, -0.25) is 0 Å². The summed E-state index contributed by atoms with van der Waals surface area (Å²) in [6, 6.07) is 51.7. The number of aromatic nitrogens is 2. The van der Waals surface area contributed by atoms with Gasteiger partial charge in [-0.1, -0.05) is 110 Å². The lowest BCUT2D eigenvalue weighted by Gasteiger charge is -2.26. The summed E-state index contributed by atoms with van der Waals surface area (Å²) in [6.45, 7) is 0. The van der Waals surface area contributed by atoms with Gasteiger partial charge in [0.05, 0.1) is 22.1 Å². The number of nitrogens with zero attached hydrogens (tertiary/aromatic N) is 2. The Morgan fingerprint density at radius 1 is 0.471 bits per heavy atom. The number of allylic oxidation sites excluding steroid dienone is 4. The first kappa shape index (κ1) is 29.5. The van der Waals surface area contributed by atoms with Crippen LogP contribution in [0.1, 0.15) is 38.5 Å². The van der Waals surface area contributed by atoms with E-state index in [2.05, 4.69) is 166 Å². The Labute approximate surface area is 302 Å². The molecule has 0 bridgehead atoms. The predicted molar refractivity (Wildman–Crippen MR) is 219 cm³/mol. The molecule has 2 unspecified atom stereocenters. The molecule has 0 N–H and O–H groups in total. The molecule has 2 nitrogen and oxygen atoms in total. The van der Waals surface area contributed by atoms with Crippen LogP contribution in [0.3, 0.4) is 0 Å². The van der Waals surface area contributed by atoms with Gasteiger partial charge in [-0.2, -0.15) is 0 Å². The van der Waals surface area contributed by atoms with Crippen LogP contribution in [0.15, 0.2) is 156 Å². The van der Waals surface area contributed by atoms with Crippen LogP contribution in [0.25, 0.3) is 77.2 Å². The van der Waals surface area contributed by atoms with E-state index in [0.717, 1.165) is 17.6 Å². The Morgan fingerprint density at radius 3 is 2.02 bits per heavy atom. The number of hydrogen-bond donors (Lipinski definition) is 0. The molecule has 2 atom stereocenters. The quantitative estimate of drug-likeness (QED) is 0.181. The number of benzene rings is 6. The molecule has 1 aliphatic heterocycles. The first-order valence-electron chi connectivity index (χ1n) is 18.6. The summed E-state index contributed by atoms with van der Waals surface area (Å²) < 4.78 is 5.03. The van der Waals surface area contributed by atoms with Crippen molar-refractivity contribution in [2.45, 2.75) is 43.8 Å². The Hall–Kier alpha value is -5.25. The SMILES string of the molecule is C1=C(n2c3ccccc3c3ccc(-c4ccc5c(c4)c4ccccc4n5-c4cccc(-c5ccccc5)c4)cc32)CCC2=C1C1CCCCC1S2. The maximum Gasteiger partial charge on any atom is 0.0544 e. The smallest absolute Gasteiger partial charge is 0.0544 e. The normalized spacial score (nSPS) is 18.9. The fraction of sp³-hybridized carbons (Fsp3) is 0.167. The van der Waals surface area contributed by atoms with Gasteiger partial charge < -0.3 is 9.13 Å². The number of para-hydroxylation sites is 2. The molecule has 246 valence electrons. The summed E-state index contributed by atoms with van der Waals surface area (Å²) in [5.41, 5.74) is 14.4. The zero-order chi connectivity index (χ0) is 33.5. The highest BCUT2D eigenvalue weighted by Crippen LogP contribution is 2.54. The Morgan fingerprint density at radius 2 is 1.14 bits per heavy atom. The number of hydrogen-bond acceptors (Lipinski definition) is 1. The lowest BCUT2D eigenvalue weighted by molar-refractivity contribution is 0.426. The van der Waals surface area contributed by atoms with Gasteiger partial charge in [0, 0.05) is 38.2 Å². The van der Waals surface area contributed by atoms with Crippen LogP contribution in [0, 0.1) is 5.92 Å². The average Bonchev–Trinajstić information content (AvgIpc) is 3.85. The summed E-state index contributed by atoms with van der Waals surface area (Å²) >= 11 is 2.21. The minimum atomic E-state index is 0.743. The molecule has 6 aromatic carbocycles. The zero-order valence-electron chi connectivity index (χ0n) is 28.6. The minimum absolute atomic E-state index is 0.743. The van der Waals surface area contributed by atoms with E-state index < -0.39 is 0 Å². The molecule has 3 heterocycles. The van der Waals surface area contributed by atoms with Crippen molar-refractivity contribution in [3.05, 3.63) is 156 Å². The van der Waals surface area contributed by atoms with Crippen LogP contribution in [-0.2, 0) is 0 Å². The van der Waals surface area contributed by atoms with Gasteiger partial charge in [0.15, 0.2) is 0 Å². The highest BCUT2D eigenvalue weighted by molar-refractivity contribution is 8.04. The number of rotatable bonds is 4. The predicted octanol–water partition coefficient (Wildman–Crippen LogP) is 13.4. The van der Waals surface area contributed by atoms with Crippen molar-refractivity contribution in [2.75, 3.05) is 0 Å². The summed E-state index contributed by atoms with van der Waals surface area (Å²) in [6.07, 6.45) is 10.4. The van der Waals surface area contributed by atoms with Crippen molar-refractivity contribution in [3.8, 4) is 27.9 Å². The summed E-state index contributed by atoms with van der Waals surface area (Å²) in [7, 11) is 0. The van der Waals surface area contributed by atoms with Crippen LogP contribution < -0.4 is 0 Å². The van der Waals surface area contributed by atoms with E-state index in [9.17, 15) is 0 Å². The Balaban J connectivity index is 1.06. The van der Waals surface area contributed by atoms with E-state index in [1.165, 1.54) is 109 Å². The van der Waals surface area contributed by atoms with Crippen molar-refractivity contribution in [3.63, 3.8) is 0 Å². The summed E-state index contributed by atoms with van der Waals surface area (Å²) in [4.78, 5) is 1.68. The molecule has 8 aromatic rings. The maximum atomic E-state index is 2.61. The first-order valence-corrected chi connectivity index (χ1v) is 19.5. The molecular formula is C48H38N2S. The van der Waals surface area contributed by atoms with Gasteiger partial charge in [-0.15, -0.1) is 11.8 Å². The maximum absolute atomic E-state index is 2.61. The third-order valence-electron chi connectivity index (χ3n) is 11.8. The topological polar surface area (TPSA) is 9.86 Å². The fourth-order valence-electron chi connectivity index (χ4n) is 9.46. The van der Waals surface area contributed by atoms with Gasteiger partial charge in [0.25, 0.3) is 0 Å². The third-order valence-corrected chi connectivity index (χ3v) is 13.4. The van der Waals surface area contributed by atoms with E-state index >= 15 is 0 Å². The van der Waals surface area contributed by atoms with Crippen LogP contribution in [0.5, 0.6) is 0 Å². The second kappa shape index (κ2) is 11.6. The molecule has 51 heavy (non-hydrogen) atoms. The lowest BCUT2D eigenvalue weighted by atomic mass is 9.81. The van der Waals surface area contributed by atoms with Crippen LogP contribution >= 0.6 is 11.8 Å². The van der Waals surface area contributed by atoms with Gasteiger partial charge in [-0.05, 0) is 113 Å². The molecular weight excluding hydrogens is 637 g/mol. The van der Waals surface area contributed by atoms with Gasteiger partial charge in [0.1, 0.15) is 0 Å². The molecule has 0 amide bonds. The van der Waals surface area contributed by atoms with Crippen LogP contribution in [-0.4, -0.2) is 14.4 Å². The number of fused-ring (bicyclic) bond motifs is 8. The van der Waals surface area contributed by atoms with Crippen molar-refractivity contribution in [1.29, 1.82) is 0 Å². The van der Waals surface area contributed by atoms with E-state index in [-0.39, 0.29) is 0 Å². The molecule has 2 aliphatic carbocycles. The monoisotopic (exact) mass is 674 g/mol. The Kier molecular flexibility index (Phi) is 6.73. The molecule has 3 heteroatoms. The molecule has 0 spiro atoms. The van der Waals surface area contributed by atoms with Crippen LogP contribution in [0.2, 0.25) is 0 Å². The average molecular weight is 675 g/mol. The second-order valence-corrected chi connectivity index (χ2v) is 16.0. The minimum Gasteiger partial charge on any atom is -0.313 e. The summed E-state index contributed by atoms with van der Waals surface area (Å²) in [5, 5.41) is 6.04. The van der Waals surface area contributed by atoms with Gasteiger partial charge in [-0.25, -0.2) is 0 Å². The standard InChI is InChI=1S/C48H38N2S/c1-2-11-31(12-3-1)32-13-10-14-35(27-32)49-44-19-8-5-16-38(44)41-28-33(22-25-45(41)49)34-21-24-39-37-15-4-7-18-43(37)50(46(39)29-34)36-23-26-48-42(30-36)40-17-6-9-20-47(40)51-48/h1-5,7-8,10-16,18-19,21-22,24-25,27-30,40,47H,6,9,17,20,23,26H2. The van der Waals surface area contributed by atoms with Crippen molar-refractivity contribution in [2.24, 2.45) is 5.92 Å². The second-order valence-electron chi connectivity index (χ2n) is 14.6. The molecule has 3 aliphatic rings. The molecule has 0 radical (unpaired) electrons. The zero-order valence-corrected chi connectivity index (χ0v) is 29.4. The van der Waals surface area contributed by atoms with Crippen molar-refractivity contribution >= 4 is 61.1 Å². The molecule has 1 fully saturated rings. The molecule has 11 rings (SSSR count). The molecule has 0 saturated heterocycles. The van der Waals surface area contributed by atoms with E-state index in [1.54, 1.807) is 10.5 Å².